The number of aromatic nitrogens is 2. The number of nitroso groups, excluding NO2 is 1. The van der Waals surface area contributed by atoms with Gasteiger partial charge in [0, 0.05) is 43.5 Å². The Morgan fingerprint density at radius 3 is 2.54 bits per heavy atom. The number of anilines is 1. The molecule has 35 heavy (non-hydrogen) atoms. The van der Waals surface area contributed by atoms with Gasteiger partial charge in [0.15, 0.2) is 6.04 Å². The molecular formula is C26H33N5O4. The summed E-state index contributed by atoms with van der Waals surface area (Å²) >= 11 is 0. The first kappa shape index (κ1) is 24.8. The minimum Gasteiger partial charge on any atom is -0.492 e. The molecular weight excluding hydrogens is 446 g/mol. The second kappa shape index (κ2) is 10.5. The van der Waals surface area contributed by atoms with Crippen LogP contribution in [-0.4, -0.2) is 60.0 Å². The molecule has 9 nitrogen and oxygen atoms in total. The molecule has 3 aromatic rings. The van der Waals surface area contributed by atoms with Crippen molar-refractivity contribution in [3.05, 3.63) is 58.6 Å². The normalized spacial score (nSPS) is 15.7. The van der Waals surface area contributed by atoms with Crippen molar-refractivity contribution < 1.29 is 14.3 Å². The second-order valence-electron chi connectivity index (χ2n) is 9.79. The molecule has 0 radical (unpaired) electrons. The molecule has 1 amide bonds. The van der Waals surface area contributed by atoms with Crippen LogP contribution in [0.25, 0.3) is 10.8 Å². The van der Waals surface area contributed by atoms with Gasteiger partial charge >= 0.3 is 0 Å². The standard InChI is InChI=1S/C26H33N5O4/c1-26(2,3)22-17-23(30(4)28-22)27-25(32)24(29-33)20-9-10-21(19-8-6-5-7-18(19)20)35-16-13-31-11-14-34-15-12-31/h5-10,17,24H,11-16H2,1-4H3,(H,27,32). The Morgan fingerprint density at radius 2 is 1.89 bits per heavy atom. The number of carbonyl (C=O) groups excluding carboxylic acids is 1. The van der Waals surface area contributed by atoms with Crippen molar-refractivity contribution in [1.29, 1.82) is 0 Å². The van der Waals surface area contributed by atoms with E-state index in [1.165, 1.54) is 0 Å². The summed E-state index contributed by atoms with van der Waals surface area (Å²) in [5.41, 5.74) is 1.21. The van der Waals surface area contributed by atoms with Crippen LogP contribution in [0, 0.1) is 4.91 Å². The van der Waals surface area contributed by atoms with E-state index in [9.17, 15) is 9.70 Å². The summed E-state index contributed by atoms with van der Waals surface area (Å²) in [5.74, 6) is 0.722. The molecule has 4 rings (SSSR count). The number of hydrogen-bond donors (Lipinski definition) is 1. The molecule has 0 bridgehead atoms. The molecule has 1 N–H and O–H groups in total. The lowest BCUT2D eigenvalue weighted by atomic mass is 9.92. The van der Waals surface area contributed by atoms with Crippen LogP contribution < -0.4 is 10.1 Å². The van der Waals surface area contributed by atoms with Crippen LogP contribution in [-0.2, 0) is 22.0 Å². The van der Waals surface area contributed by atoms with Crippen molar-refractivity contribution in [2.45, 2.75) is 32.2 Å². The Morgan fingerprint density at radius 1 is 1.17 bits per heavy atom. The van der Waals surface area contributed by atoms with E-state index < -0.39 is 11.9 Å². The molecule has 1 unspecified atom stereocenters. The van der Waals surface area contributed by atoms with E-state index in [1.54, 1.807) is 17.8 Å². The molecule has 1 aliphatic heterocycles. The average molecular weight is 480 g/mol. The van der Waals surface area contributed by atoms with Gasteiger partial charge in [-0.1, -0.05) is 56.3 Å². The molecule has 9 heteroatoms. The summed E-state index contributed by atoms with van der Waals surface area (Å²) < 4.78 is 13.1. The lowest BCUT2D eigenvalue weighted by molar-refractivity contribution is -0.117. The molecule has 186 valence electrons. The number of hydrogen-bond acceptors (Lipinski definition) is 7. The molecule has 0 aliphatic carbocycles. The van der Waals surface area contributed by atoms with Crippen molar-refractivity contribution in [2.24, 2.45) is 12.2 Å². The SMILES string of the molecule is Cn1nc(C(C)(C)C)cc1NC(=O)C(N=O)c1ccc(OCCN2CCOCC2)c2ccccc12. The molecule has 2 heterocycles. The quantitative estimate of drug-likeness (QED) is 0.490. The minimum absolute atomic E-state index is 0.170. The number of benzene rings is 2. The minimum atomic E-state index is -1.21. The van der Waals surface area contributed by atoms with E-state index in [0.29, 0.717) is 23.7 Å². The van der Waals surface area contributed by atoms with Gasteiger partial charge in [-0.3, -0.25) is 14.4 Å². The van der Waals surface area contributed by atoms with Gasteiger partial charge in [-0.2, -0.15) is 5.10 Å². The Kier molecular flexibility index (Phi) is 7.47. The van der Waals surface area contributed by atoms with Crippen LogP contribution in [0.15, 0.2) is 47.6 Å². The van der Waals surface area contributed by atoms with E-state index in [-0.39, 0.29) is 5.41 Å². The lowest BCUT2D eigenvalue weighted by Crippen LogP contribution is -2.38. The largest absolute Gasteiger partial charge is 0.492 e. The first-order valence-electron chi connectivity index (χ1n) is 11.9. The van der Waals surface area contributed by atoms with Gasteiger partial charge in [0.2, 0.25) is 0 Å². The van der Waals surface area contributed by atoms with Crippen molar-refractivity contribution in [1.82, 2.24) is 14.7 Å². The first-order chi connectivity index (χ1) is 16.8. The van der Waals surface area contributed by atoms with Crippen molar-refractivity contribution in [2.75, 3.05) is 44.8 Å². The van der Waals surface area contributed by atoms with Crippen LogP contribution in [0.2, 0.25) is 0 Å². The predicted molar refractivity (Wildman–Crippen MR) is 136 cm³/mol. The average Bonchev–Trinajstić information content (AvgIpc) is 3.22. The highest BCUT2D eigenvalue weighted by Gasteiger charge is 2.27. The maximum absolute atomic E-state index is 13.1. The summed E-state index contributed by atoms with van der Waals surface area (Å²) in [6, 6.07) is 11.8. The van der Waals surface area contributed by atoms with E-state index in [4.69, 9.17) is 9.47 Å². The summed E-state index contributed by atoms with van der Waals surface area (Å²) in [5, 5.41) is 12.1. The highest BCUT2D eigenvalue weighted by atomic mass is 16.5. The van der Waals surface area contributed by atoms with Gasteiger partial charge < -0.3 is 14.8 Å². The van der Waals surface area contributed by atoms with Crippen LogP contribution in [0.1, 0.15) is 38.1 Å². The number of morpholine rings is 1. The van der Waals surface area contributed by atoms with Gasteiger partial charge in [0.1, 0.15) is 18.2 Å². The lowest BCUT2D eigenvalue weighted by Gasteiger charge is -2.26. The highest BCUT2D eigenvalue weighted by Crippen LogP contribution is 2.34. The number of nitrogens with one attached hydrogen (secondary N) is 1. The summed E-state index contributed by atoms with van der Waals surface area (Å²) in [7, 11) is 1.76. The van der Waals surface area contributed by atoms with Gasteiger partial charge in [-0.05, 0) is 17.0 Å². The van der Waals surface area contributed by atoms with Crippen molar-refractivity contribution >= 4 is 22.5 Å². The Hall–Kier alpha value is -3.30. The van der Waals surface area contributed by atoms with Crippen molar-refractivity contribution in [3.8, 4) is 5.75 Å². The van der Waals surface area contributed by atoms with Gasteiger partial charge in [0.25, 0.3) is 5.91 Å². The fraction of sp³-hybridized carbons (Fsp3) is 0.462. The van der Waals surface area contributed by atoms with Crippen LogP contribution in [0.5, 0.6) is 5.75 Å². The molecule has 1 aliphatic rings. The number of amides is 1. The molecule has 0 saturated carbocycles. The number of rotatable bonds is 8. The number of fused-ring (bicyclic) bond motifs is 1. The zero-order chi connectivity index (χ0) is 25.0. The molecule has 1 aromatic heterocycles. The Bertz CT molecular complexity index is 1190. The monoisotopic (exact) mass is 479 g/mol. The van der Waals surface area contributed by atoms with Crippen LogP contribution >= 0.6 is 0 Å². The maximum atomic E-state index is 13.1. The van der Waals surface area contributed by atoms with Crippen LogP contribution in [0.4, 0.5) is 5.82 Å². The van der Waals surface area contributed by atoms with Crippen LogP contribution in [0.3, 0.4) is 0 Å². The molecule has 1 atom stereocenters. The van der Waals surface area contributed by atoms with Crippen molar-refractivity contribution in [3.63, 3.8) is 0 Å². The summed E-state index contributed by atoms with van der Waals surface area (Å²) in [4.78, 5) is 27.3. The number of nitrogens with zero attached hydrogens (tertiary/aromatic N) is 4. The third kappa shape index (κ3) is 5.68. The van der Waals surface area contributed by atoms with E-state index in [2.05, 4.69) is 20.5 Å². The van der Waals surface area contributed by atoms with E-state index >= 15 is 0 Å². The summed E-state index contributed by atoms with van der Waals surface area (Å²) in [6.45, 7) is 10.8. The topological polar surface area (TPSA) is 98.0 Å². The first-order valence-corrected chi connectivity index (χ1v) is 11.9. The Balaban J connectivity index is 1.54. The predicted octanol–water partition coefficient (Wildman–Crippen LogP) is 4.03. The third-order valence-electron chi connectivity index (χ3n) is 6.23. The number of carbonyl (C=O) groups is 1. The second-order valence-corrected chi connectivity index (χ2v) is 9.79. The molecule has 1 fully saturated rings. The molecule has 2 aromatic carbocycles. The van der Waals surface area contributed by atoms with E-state index in [0.717, 1.165) is 49.3 Å². The van der Waals surface area contributed by atoms with Gasteiger partial charge in [-0.15, -0.1) is 4.91 Å². The summed E-state index contributed by atoms with van der Waals surface area (Å²) in [6.07, 6.45) is 0. The van der Waals surface area contributed by atoms with E-state index in [1.807, 2.05) is 57.2 Å². The number of ether oxygens (including phenoxy) is 2. The molecule has 0 spiro atoms. The zero-order valence-corrected chi connectivity index (χ0v) is 20.8. The van der Waals surface area contributed by atoms with Gasteiger partial charge in [0.05, 0.1) is 18.9 Å². The Labute approximate surface area is 205 Å². The highest BCUT2D eigenvalue weighted by molar-refractivity contribution is 6.00. The fourth-order valence-corrected chi connectivity index (χ4v) is 4.16. The third-order valence-corrected chi connectivity index (χ3v) is 6.23. The zero-order valence-electron chi connectivity index (χ0n) is 20.8. The maximum Gasteiger partial charge on any atom is 0.258 e. The number of aryl methyl sites for hydroxylation is 1. The fourth-order valence-electron chi connectivity index (χ4n) is 4.16. The molecule has 1 saturated heterocycles. The smallest absolute Gasteiger partial charge is 0.258 e. The van der Waals surface area contributed by atoms with Gasteiger partial charge in [-0.25, -0.2) is 0 Å².